The second-order valence-corrected chi connectivity index (χ2v) is 3.33. The predicted octanol–water partition coefficient (Wildman–Crippen LogP) is 2.05. The zero-order chi connectivity index (χ0) is 9.64. The summed E-state index contributed by atoms with van der Waals surface area (Å²) in [6.07, 6.45) is -4.71. The van der Waals surface area contributed by atoms with Crippen molar-refractivity contribution in [2.24, 2.45) is 11.1 Å². The maximum absolute atomic E-state index is 12.7. The first-order chi connectivity index (χ1) is 5.99. The Morgan fingerprint density at radius 1 is 1.38 bits per heavy atom. The van der Waals surface area contributed by atoms with Gasteiger partial charge in [0.2, 0.25) is 0 Å². The lowest BCUT2D eigenvalue weighted by atomic mass is 10.0. The third kappa shape index (κ3) is 1.38. The van der Waals surface area contributed by atoms with E-state index in [1.54, 1.807) is 0 Å². The van der Waals surface area contributed by atoms with Crippen molar-refractivity contribution in [3.63, 3.8) is 0 Å². The molecule has 2 nitrogen and oxygen atoms in total. The molecular formula is C7H7F4NO. The summed E-state index contributed by atoms with van der Waals surface area (Å²) in [4.78, 5) is 4.51. The summed E-state index contributed by atoms with van der Waals surface area (Å²) in [6.45, 7) is 0. The van der Waals surface area contributed by atoms with Gasteiger partial charge in [-0.15, -0.1) is 0 Å². The van der Waals surface area contributed by atoms with E-state index < -0.39 is 42.9 Å². The molecule has 0 N–H and O–H groups in total. The summed E-state index contributed by atoms with van der Waals surface area (Å²) in [6, 6.07) is 0. The van der Waals surface area contributed by atoms with Crippen molar-refractivity contribution < 1.29 is 22.4 Å². The molecule has 0 radical (unpaired) electrons. The van der Waals surface area contributed by atoms with Gasteiger partial charge in [-0.3, -0.25) is 0 Å². The molecule has 0 aromatic carbocycles. The lowest BCUT2D eigenvalue weighted by molar-refractivity contribution is -0.0170. The summed E-state index contributed by atoms with van der Waals surface area (Å²) in [7, 11) is 0. The highest BCUT2D eigenvalue weighted by Crippen LogP contribution is 2.44. The van der Waals surface area contributed by atoms with Crippen molar-refractivity contribution >= 4 is 5.71 Å². The van der Waals surface area contributed by atoms with E-state index in [4.69, 9.17) is 0 Å². The molecular weight excluding hydrogens is 190 g/mol. The minimum Gasteiger partial charge on any atom is -0.391 e. The van der Waals surface area contributed by atoms with Gasteiger partial charge in [0.25, 0.3) is 12.3 Å². The maximum atomic E-state index is 12.7. The molecule has 74 valence electrons. The van der Waals surface area contributed by atoms with Crippen LogP contribution in [0.1, 0.15) is 12.8 Å². The van der Waals surface area contributed by atoms with Crippen LogP contribution in [0.4, 0.5) is 17.6 Å². The van der Waals surface area contributed by atoms with Gasteiger partial charge in [-0.1, -0.05) is 5.16 Å². The molecule has 1 aliphatic carbocycles. The van der Waals surface area contributed by atoms with Crippen LogP contribution in [0.15, 0.2) is 5.16 Å². The lowest BCUT2D eigenvalue weighted by Crippen LogP contribution is -2.22. The summed E-state index contributed by atoms with van der Waals surface area (Å²) < 4.78 is 49.8. The van der Waals surface area contributed by atoms with E-state index >= 15 is 0 Å². The Morgan fingerprint density at radius 2 is 2.08 bits per heavy atom. The van der Waals surface area contributed by atoms with Crippen LogP contribution >= 0.6 is 0 Å². The molecule has 13 heavy (non-hydrogen) atoms. The first-order valence-electron chi connectivity index (χ1n) is 3.89. The largest absolute Gasteiger partial charge is 0.391 e. The average molecular weight is 197 g/mol. The van der Waals surface area contributed by atoms with Crippen LogP contribution in [0.3, 0.4) is 0 Å². The monoisotopic (exact) mass is 197 g/mol. The summed E-state index contributed by atoms with van der Waals surface area (Å²) in [5, 5.41) is 3.12. The predicted molar refractivity (Wildman–Crippen MR) is 36.0 cm³/mol. The number of rotatable bonds is 1. The zero-order valence-corrected chi connectivity index (χ0v) is 6.51. The third-order valence-electron chi connectivity index (χ3n) is 2.36. The van der Waals surface area contributed by atoms with Crippen LogP contribution in [0, 0.1) is 5.92 Å². The van der Waals surface area contributed by atoms with Crippen LogP contribution < -0.4 is 0 Å². The Bertz CT molecular complexity index is 253. The minimum atomic E-state index is -2.88. The molecule has 0 saturated heterocycles. The second kappa shape index (κ2) is 2.59. The highest BCUT2D eigenvalue weighted by atomic mass is 19.3. The van der Waals surface area contributed by atoms with Gasteiger partial charge in [0, 0.05) is 6.42 Å². The van der Waals surface area contributed by atoms with Gasteiger partial charge in [-0.2, -0.15) is 0 Å². The molecule has 0 spiro atoms. The second-order valence-electron chi connectivity index (χ2n) is 3.33. The number of fused-ring (bicyclic) bond motifs is 1. The van der Waals surface area contributed by atoms with Crippen molar-refractivity contribution in [2.45, 2.75) is 31.3 Å². The SMILES string of the molecule is FC(F)C1=NOC2CC(F)(F)CC12. The van der Waals surface area contributed by atoms with E-state index in [1.165, 1.54) is 0 Å². The van der Waals surface area contributed by atoms with Crippen molar-refractivity contribution in [3.8, 4) is 0 Å². The third-order valence-corrected chi connectivity index (χ3v) is 2.36. The van der Waals surface area contributed by atoms with E-state index in [1.807, 2.05) is 0 Å². The molecule has 1 aliphatic heterocycles. The molecule has 1 fully saturated rings. The first-order valence-corrected chi connectivity index (χ1v) is 3.89. The molecule has 2 aliphatic rings. The number of hydrogen-bond acceptors (Lipinski definition) is 2. The topological polar surface area (TPSA) is 21.6 Å². The van der Waals surface area contributed by atoms with Gasteiger partial charge in [0.05, 0.1) is 12.3 Å². The summed E-state index contributed by atoms with van der Waals surface area (Å²) >= 11 is 0. The average Bonchev–Trinajstić information content (AvgIpc) is 2.41. The van der Waals surface area contributed by atoms with Gasteiger partial charge in [0.1, 0.15) is 11.8 Å². The highest BCUT2D eigenvalue weighted by molar-refractivity contribution is 5.91. The smallest absolute Gasteiger partial charge is 0.280 e. The Morgan fingerprint density at radius 3 is 2.69 bits per heavy atom. The van der Waals surface area contributed by atoms with Crippen molar-refractivity contribution in [1.29, 1.82) is 0 Å². The number of halogens is 4. The molecule has 0 aromatic heterocycles. The minimum absolute atomic E-state index is 0.503. The molecule has 2 unspecified atom stereocenters. The molecule has 1 heterocycles. The first kappa shape index (κ1) is 8.77. The van der Waals surface area contributed by atoms with E-state index in [0.717, 1.165) is 0 Å². The number of nitrogens with zero attached hydrogens (tertiary/aromatic N) is 1. The fourth-order valence-electron chi connectivity index (χ4n) is 1.78. The fraction of sp³-hybridized carbons (Fsp3) is 0.857. The van der Waals surface area contributed by atoms with Crippen LogP contribution in [0.25, 0.3) is 0 Å². The van der Waals surface area contributed by atoms with Gasteiger partial charge in [-0.05, 0) is 0 Å². The quantitative estimate of drug-likeness (QED) is 0.589. The fourth-order valence-corrected chi connectivity index (χ4v) is 1.78. The molecule has 1 saturated carbocycles. The van der Waals surface area contributed by atoms with Gasteiger partial charge in [-0.25, -0.2) is 17.6 Å². The molecule has 0 amide bonds. The standard InChI is InChI=1S/C7H7F4NO/c8-6(9)5-3-1-7(10,11)2-4(3)13-12-5/h3-4,6H,1-2H2. The molecule has 6 heteroatoms. The van der Waals surface area contributed by atoms with E-state index in [-0.39, 0.29) is 0 Å². The molecule has 0 aromatic rings. The Labute approximate surface area is 71.5 Å². The molecule has 2 rings (SSSR count). The van der Waals surface area contributed by atoms with Gasteiger partial charge in [0.15, 0.2) is 0 Å². The summed E-state index contributed by atoms with van der Waals surface area (Å²) in [5.74, 6) is -3.78. The van der Waals surface area contributed by atoms with Gasteiger partial charge < -0.3 is 4.84 Å². The van der Waals surface area contributed by atoms with Crippen LogP contribution in [0.5, 0.6) is 0 Å². The zero-order valence-electron chi connectivity index (χ0n) is 6.51. The Hall–Kier alpha value is -0.810. The van der Waals surface area contributed by atoms with Crippen molar-refractivity contribution in [2.75, 3.05) is 0 Å². The number of hydrogen-bond donors (Lipinski definition) is 0. The number of alkyl halides is 4. The maximum Gasteiger partial charge on any atom is 0.280 e. The Balaban J connectivity index is 2.14. The van der Waals surface area contributed by atoms with Crippen molar-refractivity contribution in [1.82, 2.24) is 0 Å². The summed E-state index contributed by atoms with van der Waals surface area (Å²) in [5.41, 5.74) is -0.526. The lowest BCUT2D eigenvalue weighted by Gasteiger charge is -2.08. The Kier molecular flexibility index (Phi) is 1.75. The normalized spacial score (nSPS) is 35.9. The highest BCUT2D eigenvalue weighted by Gasteiger charge is 2.54. The van der Waals surface area contributed by atoms with Gasteiger partial charge >= 0.3 is 0 Å². The van der Waals surface area contributed by atoms with Crippen LogP contribution in [-0.2, 0) is 4.84 Å². The van der Waals surface area contributed by atoms with Crippen LogP contribution in [0.2, 0.25) is 0 Å². The van der Waals surface area contributed by atoms with E-state index in [2.05, 4.69) is 9.99 Å². The molecule has 0 bridgehead atoms. The van der Waals surface area contributed by atoms with E-state index in [9.17, 15) is 17.6 Å². The van der Waals surface area contributed by atoms with Crippen LogP contribution in [-0.4, -0.2) is 24.2 Å². The van der Waals surface area contributed by atoms with Crippen molar-refractivity contribution in [3.05, 3.63) is 0 Å². The van der Waals surface area contributed by atoms with E-state index in [0.29, 0.717) is 0 Å². The number of oxime groups is 1. The molecule has 2 atom stereocenters.